The Bertz CT molecular complexity index is 1370. The van der Waals surface area contributed by atoms with E-state index in [0.717, 1.165) is 38.7 Å². The minimum absolute atomic E-state index is 0.139. The van der Waals surface area contributed by atoms with Crippen molar-refractivity contribution in [1.29, 1.82) is 0 Å². The Kier molecular flexibility index (Phi) is 6.94. The number of aromatic nitrogens is 1. The van der Waals surface area contributed by atoms with E-state index in [0.29, 0.717) is 0 Å². The van der Waals surface area contributed by atoms with Gasteiger partial charge in [0.15, 0.2) is 0 Å². The zero-order valence-electron chi connectivity index (χ0n) is 19.7. The number of carbonyl (C=O) groups excluding carboxylic acids is 2. The molecule has 0 amide bonds. The predicted octanol–water partition coefficient (Wildman–Crippen LogP) is 5.78. The van der Waals surface area contributed by atoms with Crippen molar-refractivity contribution in [2.45, 2.75) is 38.7 Å². The van der Waals surface area contributed by atoms with Crippen LogP contribution in [0.3, 0.4) is 0 Å². The van der Waals surface area contributed by atoms with Crippen molar-refractivity contribution < 1.29 is 19.4 Å². The van der Waals surface area contributed by atoms with Gasteiger partial charge in [0.25, 0.3) is 0 Å². The highest BCUT2D eigenvalue weighted by Crippen LogP contribution is 2.40. The Labute approximate surface area is 199 Å². The van der Waals surface area contributed by atoms with Gasteiger partial charge < -0.3 is 14.2 Å². The van der Waals surface area contributed by atoms with E-state index in [1.54, 1.807) is 6.08 Å². The molecule has 34 heavy (non-hydrogen) atoms. The summed E-state index contributed by atoms with van der Waals surface area (Å²) >= 11 is 0. The van der Waals surface area contributed by atoms with Gasteiger partial charge in [-0.3, -0.25) is 9.59 Å². The highest BCUT2D eigenvalue weighted by atomic mass is 16.5. The number of methoxy groups -OCH3 is 1. The van der Waals surface area contributed by atoms with Crippen molar-refractivity contribution in [1.82, 2.24) is 4.40 Å². The highest BCUT2D eigenvalue weighted by Gasteiger charge is 2.22. The highest BCUT2D eigenvalue weighted by molar-refractivity contribution is 6.06. The number of carbonyl (C=O) groups is 2. The number of ether oxygens (including phenoxy) is 1. The van der Waals surface area contributed by atoms with E-state index in [-0.39, 0.29) is 24.5 Å². The third kappa shape index (κ3) is 4.66. The summed E-state index contributed by atoms with van der Waals surface area (Å²) in [6.45, 7) is 4.30. The third-order valence-corrected chi connectivity index (χ3v) is 6.00. The molecule has 0 radical (unpaired) electrons. The first kappa shape index (κ1) is 23.5. The van der Waals surface area contributed by atoms with Gasteiger partial charge in [-0.05, 0) is 22.9 Å². The standard InChI is InChI=1S/C29H29NO4/c1-19(2)28-25(14-13-22(31)17-23(32)18-26(33)34-3)27(21-10-5-4-6-11-21)29-24-12-8-7-9-20(24)15-16-30(28)29/h4-16,19,22,31H,17-18H2,1-3H3/b14-13+. The zero-order valence-corrected chi connectivity index (χ0v) is 19.7. The van der Waals surface area contributed by atoms with E-state index < -0.39 is 12.1 Å². The largest absolute Gasteiger partial charge is 0.469 e. The van der Waals surface area contributed by atoms with Crippen molar-refractivity contribution in [2.24, 2.45) is 0 Å². The number of esters is 1. The summed E-state index contributed by atoms with van der Waals surface area (Å²) < 4.78 is 6.79. The maximum absolute atomic E-state index is 12.1. The van der Waals surface area contributed by atoms with Crippen LogP contribution in [0.15, 0.2) is 72.9 Å². The van der Waals surface area contributed by atoms with Crippen molar-refractivity contribution >= 4 is 34.1 Å². The summed E-state index contributed by atoms with van der Waals surface area (Å²) in [7, 11) is 1.24. The van der Waals surface area contributed by atoms with Crippen LogP contribution in [-0.2, 0) is 14.3 Å². The second kappa shape index (κ2) is 10.1. The summed E-state index contributed by atoms with van der Waals surface area (Å²) in [5.41, 5.74) is 5.43. The maximum atomic E-state index is 12.1. The molecule has 1 N–H and O–H groups in total. The van der Waals surface area contributed by atoms with Gasteiger partial charge in [-0.15, -0.1) is 0 Å². The van der Waals surface area contributed by atoms with E-state index >= 15 is 0 Å². The molecule has 0 saturated carbocycles. The Morgan fingerprint density at radius 3 is 2.44 bits per heavy atom. The zero-order chi connectivity index (χ0) is 24.2. The number of nitrogens with zero attached hydrogens (tertiary/aromatic N) is 1. The van der Waals surface area contributed by atoms with Gasteiger partial charge in [0.05, 0.1) is 18.7 Å². The predicted molar refractivity (Wildman–Crippen MR) is 136 cm³/mol. The van der Waals surface area contributed by atoms with Gasteiger partial charge in [-0.25, -0.2) is 0 Å². The van der Waals surface area contributed by atoms with Crippen LogP contribution >= 0.6 is 0 Å². The lowest BCUT2D eigenvalue weighted by molar-refractivity contribution is -0.143. The lowest BCUT2D eigenvalue weighted by atomic mass is 9.95. The van der Waals surface area contributed by atoms with Gasteiger partial charge in [0.1, 0.15) is 12.2 Å². The number of hydrogen-bond donors (Lipinski definition) is 1. The van der Waals surface area contributed by atoms with Crippen molar-refractivity contribution in [3.05, 3.63) is 84.2 Å². The summed E-state index contributed by atoms with van der Waals surface area (Å²) in [6.07, 6.45) is 4.18. The number of aliphatic hydroxyl groups is 1. The van der Waals surface area contributed by atoms with Crippen molar-refractivity contribution in [3.63, 3.8) is 0 Å². The number of ketones is 1. The Morgan fingerprint density at radius 2 is 1.74 bits per heavy atom. The lowest BCUT2D eigenvalue weighted by Crippen LogP contribution is -2.15. The van der Waals surface area contributed by atoms with E-state index in [2.05, 4.69) is 59.5 Å². The Balaban J connectivity index is 1.88. The van der Waals surface area contributed by atoms with Gasteiger partial charge in [-0.1, -0.05) is 80.6 Å². The molecule has 5 nitrogen and oxygen atoms in total. The van der Waals surface area contributed by atoms with E-state index in [4.69, 9.17) is 0 Å². The molecule has 0 bridgehead atoms. The second-order valence-electron chi connectivity index (χ2n) is 8.74. The SMILES string of the molecule is COC(=O)CC(=O)CC(O)/C=C/c1c(-c2ccccc2)c2c3ccccc3ccn2c1C(C)C. The van der Waals surface area contributed by atoms with Gasteiger partial charge in [0.2, 0.25) is 0 Å². The fourth-order valence-corrected chi connectivity index (χ4v) is 4.53. The fourth-order valence-electron chi connectivity index (χ4n) is 4.53. The topological polar surface area (TPSA) is 68.0 Å². The normalized spacial score (nSPS) is 12.6. The molecule has 4 rings (SSSR count). The number of benzene rings is 2. The van der Waals surface area contributed by atoms with Crippen LogP contribution in [0.25, 0.3) is 33.5 Å². The molecule has 0 aliphatic rings. The molecular weight excluding hydrogens is 426 g/mol. The average Bonchev–Trinajstić information content (AvgIpc) is 3.18. The first-order chi connectivity index (χ1) is 16.4. The molecule has 0 fully saturated rings. The molecule has 2 aromatic heterocycles. The third-order valence-electron chi connectivity index (χ3n) is 6.00. The van der Waals surface area contributed by atoms with Crippen LogP contribution in [0.2, 0.25) is 0 Å². The van der Waals surface area contributed by atoms with E-state index in [1.165, 1.54) is 7.11 Å². The molecule has 0 spiro atoms. The minimum atomic E-state index is -0.999. The summed E-state index contributed by atoms with van der Waals surface area (Å²) in [4.78, 5) is 23.5. The van der Waals surface area contributed by atoms with Crippen LogP contribution in [0.5, 0.6) is 0 Å². The van der Waals surface area contributed by atoms with Gasteiger partial charge in [0, 0.05) is 34.8 Å². The summed E-state index contributed by atoms with van der Waals surface area (Å²) in [6, 6.07) is 20.7. The number of pyridine rings is 1. The molecule has 2 heterocycles. The monoisotopic (exact) mass is 455 g/mol. The minimum Gasteiger partial charge on any atom is -0.469 e. The van der Waals surface area contributed by atoms with E-state index in [1.807, 2.05) is 36.4 Å². The Hall–Kier alpha value is -3.70. The molecule has 1 atom stereocenters. The first-order valence-corrected chi connectivity index (χ1v) is 11.5. The number of fused-ring (bicyclic) bond motifs is 3. The van der Waals surface area contributed by atoms with Crippen molar-refractivity contribution in [3.8, 4) is 11.1 Å². The first-order valence-electron chi connectivity index (χ1n) is 11.5. The summed E-state index contributed by atoms with van der Waals surface area (Å²) in [5.74, 6) is -0.742. The molecule has 0 saturated heterocycles. The molecule has 0 aliphatic carbocycles. The Morgan fingerprint density at radius 1 is 1.03 bits per heavy atom. The molecular formula is C29H29NO4. The van der Waals surface area contributed by atoms with E-state index in [9.17, 15) is 14.7 Å². The average molecular weight is 456 g/mol. The lowest BCUT2D eigenvalue weighted by Gasteiger charge is -2.10. The van der Waals surface area contributed by atoms with Gasteiger partial charge >= 0.3 is 5.97 Å². The molecule has 4 aromatic rings. The van der Waals surface area contributed by atoms with Gasteiger partial charge in [-0.2, -0.15) is 0 Å². The number of aliphatic hydroxyl groups excluding tert-OH is 1. The van der Waals surface area contributed by atoms with Crippen LogP contribution < -0.4 is 0 Å². The van der Waals surface area contributed by atoms with Crippen LogP contribution in [0.1, 0.15) is 43.9 Å². The smallest absolute Gasteiger partial charge is 0.313 e. The molecule has 174 valence electrons. The quantitative estimate of drug-likeness (QED) is 0.270. The van der Waals surface area contributed by atoms with Crippen molar-refractivity contribution in [2.75, 3.05) is 7.11 Å². The second-order valence-corrected chi connectivity index (χ2v) is 8.74. The maximum Gasteiger partial charge on any atom is 0.313 e. The number of hydrogen-bond acceptors (Lipinski definition) is 4. The molecule has 1 unspecified atom stereocenters. The fraction of sp³-hybridized carbons (Fsp3) is 0.241. The van der Waals surface area contributed by atoms with Crippen LogP contribution in [0.4, 0.5) is 0 Å². The molecule has 5 heteroatoms. The number of Topliss-reactive ketones (excluding diaryl/α,β-unsaturated/α-hetero) is 1. The van der Waals surface area contributed by atoms with Crippen LogP contribution in [-0.4, -0.2) is 34.5 Å². The summed E-state index contributed by atoms with van der Waals surface area (Å²) in [5, 5.41) is 12.8. The van der Waals surface area contributed by atoms with Crippen LogP contribution in [0, 0.1) is 0 Å². The molecule has 2 aromatic carbocycles. The number of rotatable bonds is 8. The molecule has 0 aliphatic heterocycles.